The normalized spacial score (nSPS) is 12.0. The average Bonchev–Trinajstić information content (AvgIpc) is 2.91. The predicted molar refractivity (Wildman–Crippen MR) is 90.9 cm³/mol. The molecule has 2 aromatic rings. The fourth-order valence-electron chi connectivity index (χ4n) is 1.74. The fourth-order valence-corrected chi connectivity index (χ4v) is 3.40. The van der Waals surface area contributed by atoms with Crippen LogP contribution in [0.2, 0.25) is 0 Å². The van der Waals surface area contributed by atoms with E-state index < -0.39 is 6.10 Å². The van der Waals surface area contributed by atoms with Crippen molar-refractivity contribution < 1.29 is 9.53 Å². The van der Waals surface area contributed by atoms with Crippen LogP contribution in [-0.4, -0.2) is 28.0 Å². The smallest absolute Gasteiger partial charge is 0.266 e. The maximum atomic E-state index is 12.2. The standard InChI is InChI=1S/C15H19N3O2S2/c1-5-21-15-18-17-14(22-15)16-13(19)11(4)20-12-8-6-7-9(2)10(12)3/h6-8,11H,5H2,1-4H3,(H,16,17,19)/t11-/m1/s1. The Kier molecular flexibility index (Phi) is 5.79. The van der Waals surface area contributed by atoms with Gasteiger partial charge in [-0.1, -0.05) is 42.2 Å². The number of amides is 1. The SMILES string of the molecule is CCSc1nnc(NC(=O)[C@@H](C)Oc2cccc(C)c2C)s1. The monoisotopic (exact) mass is 337 g/mol. The van der Waals surface area contributed by atoms with Crippen LogP contribution in [0.1, 0.15) is 25.0 Å². The van der Waals surface area contributed by atoms with Gasteiger partial charge in [0, 0.05) is 0 Å². The number of nitrogens with one attached hydrogen (secondary N) is 1. The Morgan fingerprint density at radius 1 is 1.41 bits per heavy atom. The molecule has 0 saturated carbocycles. The zero-order chi connectivity index (χ0) is 16.1. The molecule has 0 aliphatic carbocycles. The largest absolute Gasteiger partial charge is 0.481 e. The van der Waals surface area contributed by atoms with Gasteiger partial charge in [0.25, 0.3) is 5.91 Å². The topological polar surface area (TPSA) is 64.1 Å². The molecule has 1 heterocycles. The molecule has 0 aliphatic heterocycles. The third-order valence-electron chi connectivity index (χ3n) is 3.13. The third kappa shape index (κ3) is 4.20. The first-order valence-corrected chi connectivity index (χ1v) is 8.81. The van der Waals surface area contributed by atoms with Crippen LogP contribution >= 0.6 is 23.1 Å². The Bertz CT molecular complexity index is 658. The molecule has 1 aromatic heterocycles. The Labute approximate surface area is 138 Å². The second-order valence-corrected chi connectivity index (χ2v) is 7.24. The van der Waals surface area contributed by atoms with E-state index in [-0.39, 0.29) is 5.91 Å². The molecule has 5 nitrogen and oxygen atoms in total. The molecule has 0 bridgehead atoms. The zero-order valence-corrected chi connectivity index (χ0v) is 14.7. The summed E-state index contributed by atoms with van der Waals surface area (Å²) in [5, 5.41) is 11.2. The molecule has 7 heteroatoms. The minimum atomic E-state index is -0.605. The Hall–Kier alpha value is -1.60. The van der Waals surface area contributed by atoms with Gasteiger partial charge in [-0.2, -0.15) is 0 Å². The number of hydrogen-bond donors (Lipinski definition) is 1. The molecule has 0 unspecified atom stereocenters. The van der Waals surface area contributed by atoms with Gasteiger partial charge in [0.2, 0.25) is 5.13 Å². The van der Waals surface area contributed by atoms with Gasteiger partial charge < -0.3 is 4.74 Å². The lowest BCUT2D eigenvalue weighted by atomic mass is 10.1. The van der Waals surface area contributed by atoms with Crippen LogP contribution in [0, 0.1) is 13.8 Å². The molecule has 0 spiro atoms. The number of hydrogen-bond acceptors (Lipinski definition) is 6. The highest BCUT2D eigenvalue weighted by Crippen LogP contribution is 2.26. The number of nitrogens with zero attached hydrogens (tertiary/aromatic N) is 2. The van der Waals surface area contributed by atoms with Crippen molar-refractivity contribution in [1.82, 2.24) is 10.2 Å². The van der Waals surface area contributed by atoms with E-state index in [9.17, 15) is 4.79 Å². The van der Waals surface area contributed by atoms with E-state index in [2.05, 4.69) is 15.5 Å². The van der Waals surface area contributed by atoms with E-state index in [4.69, 9.17) is 4.74 Å². The molecule has 0 radical (unpaired) electrons. The Balaban J connectivity index is 1.98. The van der Waals surface area contributed by atoms with Crippen molar-refractivity contribution in [2.24, 2.45) is 0 Å². The first-order chi connectivity index (χ1) is 10.5. The van der Waals surface area contributed by atoms with Crippen LogP contribution in [0.25, 0.3) is 0 Å². The minimum absolute atomic E-state index is 0.231. The van der Waals surface area contributed by atoms with E-state index in [1.807, 2.05) is 39.0 Å². The van der Waals surface area contributed by atoms with Crippen molar-refractivity contribution in [1.29, 1.82) is 0 Å². The highest BCUT2D eigenvalue weighted by Gasteiger charge is 2.18. The van der Waals surface area contributed by atoms with Gasteiger partial charge in [0.1, 0.15) is 5.75 Å². The van der Waals surface area contributed by atoms with Crippen molar-refractivity contribution in [3.63, 3.8) is 0 Å². The number of thioether (sulfide) groups is 1. The minimum Gasteiger partial charge on any atom is -0.481 e. The summed E-state index contributed by atoms with van der Waals surface area (Å²) in [6.45, 7) is 7.76. The van der Waals surface area contributed by atoms with Crippen LogP contribution < -0.4 is 10.1 Å². The molecular formula is C15H19N3O2S2. The molecule has 0 fully saturated rings. The van der Waals surface area contributed by atoms with E-state index >= 15 is 0 Å². The van der Waals surface area contributed by atoms with Gasteiger partial charge in [-0.15, -0.1) is 10.2 Å². The summed E-state index contributed by atoms with van der Waals surface area (Å²) >= 11 is 2.97. The number of rotatable bonds is 6. The fraction of sp³-hybridized carbons (Fsp3) is 0.400. The van der Waals surface area contributed by atoms with E-state index in [0.717, 1.165) is 27.0 Å². The van der Waals surface area contributed by atoms with Crippen molar-refractivity contribution in [2.75, 3.05) is 11.1 Å². The first kappa shape index (κ1) is 16.8. The third-order valence-corrected chi connectivity index (χ3v) is 4.99. The van der Waals surface area contributed by atoms with Gasteiger partial charge in [-0.05, 0) is 43.7 Å². The maximum Gasteiger partial charge on any atom is 0.266 e. The van der Waals surface area contributed by atoms with E-state index in [1.165, 1.54) is 11.3 Å². The molecule has 22 heavy (non-hydrogen) atoms. The summed E-state index contributed by atoms with van der Waals surface area (Å²) in [4.78, 5) is 12.2. The summed E-state index contributed by atoms with van der Waals surface area (Å²) in [7, 11) is 0. The second kappa shape index (κ2) is 7.60. The van der Waals surface area contributed by atoms with Crippen molar-refractivity contribution in [3.8, 4) is 5.75 Å². The van der Waals surface area contributed by atoms with E-state index in [0.29, 0.717) is 5.13 Å². The van der Waals surface area contributed by atoms with Gasteiger partial charge in [-0.25, -0.2) is 0 Å². The van der Waals surface area contributed by atoms with Crippen LogP contribution in [0.15, 0.2) is 22.5 Å². The molecule has 0 saturated heterocycles. The number of aryl methyl sites for hydroxylation is 1. The van der Waals surface area contributed by atoms with Gasteiger partial charge in [0.15, 0.2) is 10.4 Å². The van der Waals surface area contributed by atoms with Gasteiger partial charge in [0.05, 0.1) is 0 Å². The molecule has 1 amide bonds. The predicted octanol–water partition coefficient (Wildman–Crippen LogP) is 3.67. The lowest BCUT2D eigenvalue weighted by molar-refractivity contribution is -0.122. The van der Waals surface area contributed by atoms with Gasteiger partial charge in [-0.3, -0.25) is 10.1 Å². The zero-order valence-electron chi connectivity index (χ0n) is 13.0. The second-order valence-electron chi connectivity index (χ2n) is 4.75. The van der Waals surface area contributed by atoms with Crippen LogP contribution in [0.4, 0.5) is 5.13 Å². The van der Waals surface area contributed by atoms with Crippen LogP contribution in [0.3, 0.4) is 0 Å². The quantitative estimate of drug-likeness (QED) is 0.643. The number of ether oxygens (including phenoxy) is 1. The number of carbonyl (C=O) groups is 1. The molecule has 2 rings (SSSR count). The number of anilines is 1. The maximum absolute atomic E-state index is 12.2. The summed E-state index contributed by atoms with van der Waals surface area (Å²) in [5.41, 5.74) is 2.18. The molecule has 1 aromatic carbocycles. The van der Waals surface area contributed by atoms with E-state index in [1.54, 1.807) is 18.7 Å². The highest BCUT2D eigenvalue weighted by atomic mass is 32.2. The van der Waals surface area contributed by atoms with Gasteiger partial charge >= 0.3 is 0 Å². The average molecular weight is 337 g/mol. The van der Waals surface area contributed by atoms with Crippen LogP contribution in [-0.2, 0) is 4.79 Å². The van der Waals surface area contributed by atoms with Crippen molar-refractivity contribution in [3.05, 3.63) is 29.3 Å². The molecule has 0 aliphatic rings. The Morgan fingerprint density at radius 2 is 2.18 bits per heavy atom. The molecule has 118 valence electrons. The summed E-state index contributed by atoms with van der Waals surface area (Å²) in [6, 6.07) is 5.80. The number of carbonyl (C=O) groups excluding carboxylic acids is 1. The van der Waals surface area contributed by atoms with Crippen LogP contribution in [0.5, 0.6) is 5.75 Å². The van der Waals surface area contributed by atoms with Crippen molar-refractivity contribution in [2.45, 2.75) is 38.1 Å². The van der Waals surface area contributed by atoms with Crippen molar-refractivity contribution >= 4 is 34.1 Å². The Morgan fingerprint density at radius 3 is 2.91 bits per heavy atom. The summed E-state index contributed by atoms with van der Waals surface area (Å²) in [6.07, 6.45) is -0.605. The molecule has 1 atom stereocenters. The lowest BCUT2D eigenvalue weighted by Gasteiger charge is -2.16. The highest BCUT2D eigenvalue weighted by molar-refractivity contribution is 8.01. The number of aromatic nitrogens is 2. The molecule has 1 N–H and O–H groups in total. The lowest BCUT2D eigenvalue weighted by Crippen LogP contribution is -2.30. The summed E-state index contributed by atoms with van der Waals surface area (Å²) in [5.74, 6) is 1.42. The number of benzene rings is 1. The first-order valence-electron chi connectivity index (χ1n) is 7.01. The summed E-state index contributed by atoms with van der Waals surface area (Å²) < 4.78 is 6.60. The molecular weight excluding hydrogens is 318 g/mol.